The maximum Gasteiger partial charge on any atom is 0.224 e. The summed E-state index contributed by atoms with van der Waals surface area (Å²) in [5.74, 6) is 0.208. The van der Waals surface area contributed by atoms with E-state index >= 15 is 0 Å². The van der Waals surface area contributed by atoms with Crippen LogP contribution in [0.15, 0.2) is 16.8 Å². The van der Waals surface area contributed by atoms with Crippen molar-refractivity contribution in [3.8, 4) is 0 Å². The molecule has 2 atom stereocenters. The maximum atomic E-state index is 12.1. The second-order valence-electron chi connectivity index (χ2n) is 4.64. The van der Waals surface area contributed by atoms with Gasteiger partial charge in [-0.25, -0.2) is 0 Å². The summed E-state index contributed by atoms with van der Waals surface area (Å²) in [7, 11) is 1.86. The molecule has 2 unspecified atom stereocenters. The number of nitrogens with one attached hydrogen (secondary N) is 1. The molecule has 0 saturated carbocycles. The summed E-state index contributed by atoms with van der Waals surface area (Å²) < 4.78 is 5.91. The van der Waals surface area contributed by atoms with Crippen LogP contribution in [0, 0.1) is 0 Å². The molecule has 0 aliphatic carbocycles. The van der Waals surface area contributed by atoms with Crippen LogP contribution < -0.4 is 5.32 Å². The highest BCUT2D eigenvalue weighted by Gasteiger charge is 2.29. The first-order chi connectivity index (χ1) is 8.70. The van der Waals surface area contributed by atoms with Crippen LogP contribution in [-0.4, -0.2) is 43.6 Å². The van der Waals surface area contributed by atoms with Crippen molar-refractivity contribution in [1.82, 2.24) is 10.2 Å². The fourth-order valence-corrected chi connectivity index (χ4v) is 2.89. The molecule has 0 radical (unpaired) electrons. The average Bonchev–Trinajstić information content (AvgIpc) is 2.89. The molecule has 1 aromatic heterocycles. The Labute approximate surface area is 112 Å². The normalized spacial score (nSPS) is 24.2. The summed E-state index contributed by atoms with van der Waals surface area (Å²) in [5.41, 5.74) is 1.18. The summed E-state index contributed by atoms with van der Waals surface area (Å²) in [6.07, 6.45) is 0.681. The number of thiophene rings is 1. The first kappa shape index (κ1) is 13.5. The highest BCUT2D eigenvalue weighted by molar-refractivity contribution is 7.07. The quantitative estimate of drug-likeness (QED) is 0.902. The summed E-state index contributed by atoms with van der Waals surface area (Å²) in [5, 5.41) is 7.15. The Morgan fingerprint density at radius 1 is 1.61 bits per heavy atom. The first-order valence-corrected chi connectivity index (χ1v) is 7.25. The van der Waals surface area contributed by atoms with E-state index in [-0.39, 0.29) is 18.1 Å². The number of morpholine rings is 1. The minimum Gasteiger partial charge on any atom is -0.367 e. The van der Waals surface area contributed by atoms with E-state index in [1.165, 1.54) is 5.56 Å². The molecule has 1 aliphatic rings. The van der Waals surface area contributed by atoms with Crippen molar-refractivity contribution < 1.29 is 9.53 Å². The average molecular weight is 268 g/mol. The van der Waals surface area contributed by atoms with Gasteiger partial charge in [-0.2, -0.15) is 11.3 Å². The van der Waals surface area contributed by atoms with Gasteiger partial charge in [-0.15, -0.1) is 0 Å². The van der Waals surface area contributed by atoms with Crippen LogP contribution in [0.25, 0.3) is 0 Å². The second-order valence-corrected chi connectivity index (χ2v) is 5.42. The molecule has 2 heterocycles. The minimum absolute atomic E-state index is 0.0264. The van der Waals surface area contributed by atoms with E-state index in [4.69, 9.17) is 4.74 Å². The Morgan fingerprint density at radius 2 is 2.44 bits per heavy atom. The zero-order valence-corrected chi connectivity index (χ0v) is 11.7. The molecule has 1 aliphatic heterocycles. The predicted molar refractivity (Wildman–Crippen MR) is 72.7 cm³/mol. The minimum atomic E-state index is 0.0264. The molecule has 0 spiro atoms. The van der Waals surface area contributed by atoms with Gasteiger partial charge in [0.15, 0.2) is 0 Å². The topological polar surface area (TPSA) is 41.6 Å². The van der Waals surface area contributed by atoms with Crippen LogP contribution in [0.2, 0.25) is 0 Å². The molecular formula is C13H20N2O2S. The molecule has 18 heavy (non-hydrogen) atoms. The molecule has 0 aromatic carbocycles. The number of carbonyl (C=O) groups is 1. The molecular weight excluding hydrogens is 248 g/mol. The maximum absolute atomic E-state index is 12.1. The zero-order valence-electron chi connectivity index (χ0n) is 10.9. The van der Waals surface area contributed by atoms with Crippen molar-refractivity contribution in [2.45, 2.75) is 25.6 Å². The summed E-state index contributed by atoms with van der Waals surface area (Å²) in [6.45, 7) is 4.12. The van der Waals surface area contributed by atoms with Gasteiger partial charge < -0.3 is 15.0 Å². The van der Waals surface area contributed by atoms with Crippen LogP contribution in [0.5, 0.6) is 0 Å². The Hall–Kier alpha value is -0.910. The lowest BCUT2D eigenvalue weighted by molar-refractivity contribution is -0.144. The van der Waals surface area contributed by atoms with Crippen LogP contribution in [-0.2, 0) is 9.53 Å². The third-order valence-corrected chi connectivity index (χ3v) is 3.82. The molecule has 1 saturated heterocycles. The molecule has 0 bridgehead atoms. The molecule has 1 amide bonds. The molecule has 2 rings (SSSR count). The number of nitrogens with zero attached hydrogens (tertiary/aromatic N) is 1. The van der Waals surface area contributed by atoms with Gasteiger partial charge in [-0.05, 0) is 36.4 Å². The van der Waals surface area contributed by atoms with Gasteiger partial charge in [0.1, 0.15) is 6.10 Å². The van der Waals surface area contributed by atoms with E-state index < -0.39 is 0 Å². The number of rotatable bonds is 4. The smallest absolute Gasteiger partial charge is 0.224 e. The highest BCUT2D eigenvalue weighted by Crippen LogP contribution is 2.26. The monoisotopic (exact) mass is 268 g/mol. The Balaban J connectivity index is 1.98. The molecule has 5 heteroatoms. The van der Waals surface area contributed by atoms with Gasteiger partial charge in [0, 0.05) is 19.5 Å². The van der Waals surface area contributed by atoms with Crippen molar-refractivity contribution in [3.63, 3.8) is 0 Å². The lowest BCUT2D eigenvalue weighted by Gasteiger charge is -2.36. The van der Waals surface area contributed by atoms with E-state index in [2.05, 4.69) is 16.8 Å². The van der Waals surface area contributed by atoms with Crippen LogP contribution in [0.4, 0.5) is 0 Å². The van der Waals surface area contributed by atoms with Crippen molar-refractivity contribution in [2.24, 2.45) is 0 Å². The van der Waals surface area contributed by atoms with Crippen molar-refractivity contribution in [3.05, 3.63) is 22.4 Å². The molecule has 1 aromatic rings. The summed E-state index contributed by atoms with van der Waals surface area (Å²) in [4.78, 5) is 14.0. The van der Waals surface area contributed by atoms with Crippen molar-refractivity contribution in [1.29, 1.82) is 0 Å². The van der Waals surface area contributed by atoms with Gasteiger partial charge >= 0.3 is 0 Å². The third kappa shape index (κ3) is 3.31. The van der Waals surface area contributed by atoms with E-state index in [1.54, 1.807) is 11.3 Å². The van der Waals surface area contributed by atoms with Gasteiger partial charge in [-0.3, -0.25) is 4.79 Å². The SMILES string of the molecule is CNCCC(=O)N1CC(C)OC(c2ccsc2)C1. The molecule has 100 valence electrons. The molecule has 1 N–H and O–H groups in total. The predicted octanol–water partition coefficient (Wildman–Crippen LogP) is 1.65. The fourth-order valence-electron chi connectivity index (χ4n) is 2.19. The van der Waals surface area contributed by atoms with E-state index in [0.29, 0.717) is 19.5 Å². The van der Waals surface area contributed by atoms with E-state index in [1.807, 2.05) is 24.3 Å². The largest absolute Gasteiger partial charge is 0.367 e. The molecule has 1 fully saturated rings. The summed E-state index contributed by atoms with van der Waals surface area (Å²) in [6, 6.07) is 2.07. The first-order valence-electron chi connectivity index (χ1n) is 6.30. The van der Waals surface area contributed by atoms with Crippen LogP contribution in [0.1, 0.15) is 25.0 Å². The summed E-state index contributed by atoms with van der Waals surface area (Å²) >= 11 is 1.66. The Bertz CT molecular complexity index is 380. The van der Waals surface area contributed by atoms with E-state index in [9.17, 15) is 4.79 Å². The Kier molecular flexibility index (Phi) is 4.74. The van der Waals surface area contributed by atoms with Gasteiger partial charge in [0.05, 0.1) is 12.6 Å². The van der Waals surface area contributed by atoms with Crippen molar-refractivity contribution in [2.75, 3.05) is 26.7 Å². The highest BCUT2D eigenvalue weighted by atomic mass is 32.1. The molecule has 4 nitrogen and oxygen atoms in total. The number of ether oxygens (including phenoxy) is 1. The third-order valence-electron chi connectivity index (χ3n) is 3.12. The van der Waals surface area contributed by atoms with Crippen LogP contribution in [0.3, 0.4) is 0 Å². The lowest BCUT2D eigenvalue weighted by atomic mass is 10.1. The second kappa shape index (κ2) is 6.31. The van der Waals surface area contributed by atoms with Gasteiger partial charge in [-0.1, -0.05) is 0 Å². The lowest BCUT2D eigenvalue weighted by Crippen LogP contribution is -2.46. The number of hydrogen-bond acceptors (Lipinski definition) is 4. The number of carbonyl (C=O) groups excluding carboxylic acids is 1. The van der Waals surface area contributed by atoms with Crippen LogP contribution >= 0.6 is 11.3 Å². The fraction of sp³-hybridized carbons (Fsp3) is 0.615. The number of amides is 1. The number of hydrogen-bond donors (Lipinski definition) is 1. The van der Waals surface area contributed by atoms with Gasteiger partial charge in [0.2, 0.25) is 5.91 Å². The van der Waals surface area contributed by atoms with E-state index in [0.717, 1.165) is 6.54 Å². The van der Waals surface area contributed by atoms with Crippen molar-refractivity contribution >= 4 is 17.2 Å². The Morgan fingerprint density at radius 3 is 3.11 bits per heavy atom. The standard InChI is InChI=1S/C13H20N2O2S/c1-10-7-15(13(16)3-5-14-2)8-12(17-10)11-4-6-18-9-11/h4,6,9-10,12,14H,3,5,7-8H2,1-2H3. The van der Waals surface area contributed by atoms with Gasteiger partial charge in [0.25, 0.3) is 0 Å². The zero-order chi connectivity index (χ0) is 13.0.